The number of aromatic nitrogens is 2. The van der Waals surface area contributed by atoms with E-state index in [1.165, 1.54) is 5.52 Å². The lowest BCUT2D eigenvalue weighted by Gasteiger charge is -2.12. The van der Waals surface area contributed by atoms with Crippen LogP contribution in [0.4, 0.5) is 0 Å². The summed E-state index contributed by atoms with van der Waals surface area (Å²) in [7, 11) is 3.46. The minimum absolute atomic E-state index is 0.697. The zero-order valence-electron chi connectivity index (χ0n) is 15.3. The standard InChI is InChI=1S/C20H25N5O/c1-21-20(23-14-16-7-5-8-17(13-16)26-2)22-11-6-12-25-15-24-18-9-3-4-10-19(18)25/h3-5,7-10,13,15H,6,11-12,14H2,1-2H3,(H2,21,22,23). The lowest BCUT2D eigenvalue weighted by Crippen LogP contribution is -2.37. The Morgan fingerprint density at radius 3 is 2.88 bits per heavy atom. The van der Waals surface area contributed by atoms with Crippen LogP contribution in [0.25, 0.3) is 11.0 Å². The predicted molar refractivity (Wildman–Crippen MR) is 106 cm³/mol. The number of nitrogens with zero attached hydrogens (tertiary/aromatic N) is 3. The maximum absolute atomic E-state index is 5.25. The Balaban J connectivity index is 1.44. The van der Waals surface area contributed by atoms with Crippen LogP contribution in [0.1, 0.15) is 12.0 Å². The van der Waals surface area contributed by atoms with Gasteiger partial charge in [0, 0.05) is 26.7 Å². The lowest BCUT2D eigenvalue weighted by atomic mass is 10.2. The molecule has 0 fully saturated rings. The van der Waals surface area contributed by atoms with E-state index in [0.29, 0.717) is 6.54 Å². The number of ether oxygens (including phenoxy) is 1. The van der Waals surface area contributed by atoms with E-state index in [4.69, 9.17) is 4.74 Å². The predicted octanol–water partition coefficient (Wildman–Crippen LogP) is 2.80. The normalized spacial score (nSPS) is 11.5. The summed E-state index contributed by atoms with van der Waals surface area (Å²) in [6, 6.07) is 16.2. The van der Waals surface area contributed by atoms with E-state index in [1.807, 2.05) is 42.7 Å². The fraction of sp³-hybridized carbons (Fsp3) is 0.300. The van der Waals surface area contributed by atoms with Crippen LogP contribution >= 0.6 is 0 Å². The van der Waals surface area contributed by atoms with Crippen LogP contribution < -0.4 is 15.4 Å². The molecule has 1 heterocycles. The number of benzene rings is 2. The van der Waals surface area contributed by atoms with Crippen LogP contribution in [0.5, 0.6) is 5.75 Å². The van der Waals surface area contributed by atoms with Gasteiger partial charge in [-0.05, 0) is 36.2 Å². The summed E-state index contributed by atoms with van der Waals surface area (Å²) >= 11 is 0. The number of hydrogen-bond donors (Lipinski definition) is 2. The van der Waals surface area contributed by atoms with Crippen molar-refractivity contribution in [2.45, 2.75) is 19.5 Å². The van der Waals surface area contributed by atoms with Gasteiger partial charge in [0.25, 0.3) is 0 Å². The van der Waals surface area contributed by atoms with E-state index in [-0.39, 0.29) is 0 Å². The van der Waals surface area contributed by atoms with E-state index >= 15 is 0 Å². The molecule has 3 rings (SSSR count). The first-order valence-corrected chi connectivity index (χ1v) is 8.77. The molecule has 0 bridgehead atoms. The van der Waals surface area contributed by atoms with Crippen LogP contribution in [0.3, 0.4) is 0 Å². The zero-order valence-corrected chi connectivity index (χ0v) is 15.3. The maximum Gasteiger partial charge on any atom is 0.191 e. The van der Waals surface area contributed by atoms with Crippen molar-refractivity contribution in [2.24, 2.45) is 4.99 Å². The minimum atomic E-state index is 0.697. The van der Waals surface area contributed by atoms with Gasteiger partial charge in [-0.15, -0.1) is 0 Å². The van der Waals surface area contributed by atoms with Gasteiger partial charge < -0.3 is 19.9 Å². The number of fused-ring (bicyclic) bond motifs is 1. The van der Waals surface area contributed by atoms with Crippen molar-refractivity contribution >= 4 is 17.0 Å². The van der Waals surface area contributed by atoms with E-state index in [2.05, 4.69) is 37.3 Å². The molecule has 0 aliphatic heterocycles. The monoisotopic (exact) mass is 351 g/mol. The molecule has 0 amide bonds. The van der Waals surface area contributed by atoms with E-state index < -0.39 is 0 Å². The molecule has 0 saturated carbocycles. The largest absolute Gasteiger partial charge is 0.497 e. The third-order valence-corrected chi connectivity index (χ3v) is 4.21. The molecule has 3 aromatic rings. The average molecular weight is 351 g/mol. The second-order valence-electron chi connectivity index (χ2n) is 5.98. The summed E-state index contributed by atoms with van der Waals surface area (Å²) in [6.07, 6.45) is 2.89. The molecule has 0 spiro atoms. The summed E-state index contributed by atoms with van der Waals surface area (Å²) in [5.74, 6) is 1.66. The Bertz CT molecular complexity index is 871. The molecule has 0 radical (unpaired) electrons. The van der Waals surface area contributed by atoms with Gasteiger partial charge in [0.15, 0.2) is 5.96 Å². The molecule has 6 nitrogen and oxygen atoms in total. The Kier molecular flexibility index (Phi) is 6.09. The molecule has 0 saturated heterocycles. The van der Waals surface area contributed by atoms with Gasteiger partial charge in [0.1, 0.15) is 5.75 Å². The highest BCUT2D eigenvalue weighted by Gasteiger charge is 2.02. The molecule has 26 heavy (non-hydrogen) atoms. The number of hydrogen-bond acceptors (Lipinski definition) is 3. The molecule has 6 heteroatoms. The zero-order chi connectivity index (χ0) is 18.2. The van der Waals surface area contributed by atoms with Crippen LogP contribution in [-0.2, 0) is 13.1 Å². The highest BCUT2D eigenvalue weighted by Crippen LogP contribution is 2.12. The maximum atomic E-state index is 5.25. The smallest absolute Gasteiger partial charge is 0.191 e. The summed E-state index contributed by atoms with van der Waals surface area (Å²) in [5, 5.41) is 6.68. The Labute approximate surface area is 153 Å². The first-order chi connectivity index (χ1) is 12.8. The second-order valence-corrected chi connectivity index (χ2v) is 5.98. The molecule has 2 aromatic carbocycles. The summed E-state index contributed by atoms with van der Waals surface area (Å²) < 4.78 is 7.44. The number of methoxy groups -OCH3 is 1. The number of aliphatic imine (C=N–C) groups is 1. The Morgan fingerprint density at radius 2 is 2.04 bits per heavy atom. The third kappa shape index (κ3) is 4.53. The first kappa shape index (κ1) is 17.8. The summed E-state index contributed by atoms with van der Waals surface area (Å²) in [5.41, 5.74) is 3.36. The first-order valence-electron chi connectivity index (χ1n) is 8.77. The number of rotatable bonds is 7. The Morgan fingerprint density at radius 1 is 1.15 bits per heavy atom. The fourth-order valence-electron chi connectivity index (χ4n) is 2.83. The molecule has 0 atom stereocenters. The van der Waals surface area contributed by atoms with Crippen LogP contribution in [0.2, 0.25) is 0 Å². The lowest BCUT2D eigenvalue weighted by molar-refractivity contribution is 0.414. The van der Waals surface area contributed by atoms with Gasteiger partial charge in [-0.1, -0.05) is 24.3 Å². The van der Waals surface area contributed by atoms with E-state index in [9.17, 15) is 0 Å². The van der Waals surface area contributed by atoms with Crippen molar-refractivity contribution in [3.05, 3.63) is 60.4 Å². The van der Waals surface area contributed by atoms with Crippen LogP contribution in [-0.4, -0.2) is 36.2 Å². The third-order valence-electron chi connectivity index (χ3n) is 4.21. The van der Waals surface area contributed by atoms with Crippen LogP contribution in [0, 0.1) is 0 Å². The summed E-state index contributed by atoms with van der Waals surface area (Å²) in [6.45, 7) is 2.45. The molecule has 136 valence electrons. The SMILES string of the molecule is CN=C(NCCCn1cnc2ccccc21)NCc1cccc(OC)c1. The highest BCUT2D eigenvalue weighted by atomic mass is 16.5. The van der Waals surface area contributed by atoms with Gasteiger partial charge in [-0.3, -0.25) is 4.99 Å². The number of para-hydroxylation sites is 2. The molecule has 1 aromatic heterocycles. The van der Waals surface area contributed by atoms with Crippen molar-refractivity contribution < 1.29 is 4.74 Å². The quantitative estimate of drug-likeness (QED) is 0.390. The second kappa shape index (κ2) is 8.89. The molecule has 0 aliphatic carbocycles. The van der Waals surface area contributed by atoms with Gasteiger partial charge in [0.2, 0.25) is 0 Å². The summed E-state index contributed by atoms with van der Waals surface area (Å²) in [4.78, 5) is 8.70. The van der Waals surface area contributed by atoms with Gasteiger partial charge in [-0.2, -0.15) is 0 Å². The van der Waals surface area contributed by atoms with E-state index in [0.717, 1.165) is 42.3 Å². The number of imidazole rings is 1. The molecular formula is C20H25N5O. The molecular weight excluding hydrogens is 326 g/mol. The Hall–Kier alpha value is -3.02. The number of guanidine groups is 1. The van der Waals surface area contributed by atoms with Crippen molar-refractivity contribution in [1.29, 1.82) is 0 Å². The van der Waals surface area contributed by atoms with Crippen molar-refractivity contribution in [3.63, 3.8) is 0 Å². The molecule has 0 aliphatic rings. The minimum Gasteiger partial charge on any atom is -0.497 e. The average Bonchev–Trinajstić information content (AvgIpc) is 3.11. The molecule has 2 N–H and O–H groups in total. The topological polar surface area (TPSA) is 63.5 Å². The van der Waals surface area contributed by atoms with Crippen molar-refractivity contribution in [1.82, 2.24) is 20.2 Å². The fourth-order valence-corrected chi connectivity index (χ4v) is 2.83. The van der Waals surface area contributed by atoms with Crippen molar-refractivity contribution in [2.75, 3.05) is 20.7 Å². The van der Waals surface area contributed by atoms with Gasteiger partial charge >= 0.3 is 0 Å². The van der Waals surface area contributed by atoms with Gasteiger partial charge in [0.05, 0.1) is 24.5 Å². The molecule has 0 unspecified atom stereocenters. The van der Waals surface area contributed by atoms with Crippen LogP contribution in [0.15, 0.2) is 59.9 Å². The number of nitrogens with one attached hydrogen (secondary N) is 2. The van der Waals surface area contributed by atoms with Crippen molar-refractivity contribution in [3.8, 4) is 5.75 Å². The highest BCUT2D eigenvalue weighted by molar-refractivity contribution is 5.79. The number of aryl methyl sites for hydroxylation is 1. The van der Waals surface area contributed by atoms with Gasteiger partial charge in [-0.25, -0.2) is 4.98 Å². The van der Waals surface area contributed by atoms with E-state index in [1.54, 1.807) is 14.2 Å².